The minimum atomic E-state index is -0.990. The van der Waals surface area contributed by atoms with Gasteiger partial charge in [-0.1, -0.05) is 6.07 Å². The highest BCUT2D eigenvalue weighted by molar-refractivity contribution is 5.89. The molecule has 0 amide bonds. The van der Waals surface area contributed by atoms with Crippen LogP contribution in [0.25, 0.3) is 22.3 Å². The van der Waals surface area contributed by atoms with Crippen molar-refractivity contribution < 1.29 is 14.3 Å². The molecular formula is C14H11FN2O2. The molecule has 0 saturated heterocycles. The first kappa shape index (κ1) is 11.5. The number of nitrogens with zero attached hydrogens (tertiary/aromatic N) is 1. The van der Waals surface area contributed by atoms with Gasteiger partial charge < -0.3 is 14.7 Å². The third-order valence-corrected chi connectivity index (χ3v) is 3.23. The first-order valence-corrected chi connectivity index (χ1v) is 5.74. The molecule has 0 radical (unpaired) electrons. The Morgan fingerprint density at radius 1 is 1.32 bits per heavy atom. The molecule has 0 aliphatic heterocycles. The van der Waals surface area contributed by atoms with Gasteiger partial charge in [-0.05, 0) is 30.3 Å². The number of benzene rings is 1. The van der Waals surface area contributed by atoms with Crippen molar-refractivity contribution in [3.8, 4) is 11.4 Å². The van der Waals surface area contributed by atoms with E-state index in [1.54, 1.807) is 35.9 Å². The van der Waals surface area contributed by atoms with Crippen LogP contribution in [0.2, 0.25) is 0 Å². The molecule has 96 valence electrons. The number of aromatic amines is 1. The minimum Gasteiger partial charge on any atom is -0.477 e. The van der Waals surface area contributed by atoms with E-state index in [-0.39, 0.29) is 11.5 Å². The van der Waals surface area contributed by atoms with Crippen LogP contribution >= 0.6 is 0 Å². The quantitative estimate of drug-likeness (QED) is 0.742. The number of fused-ring (bicyclic) bond motifs is 1. The van der Waals surface area contributed by atoms with E-state index in [0.29, 0.717) is 22.3 Å². The fourth-order valence-electron chi connectivity index (χ4n) is 2.25. The second-order valence-corrected chi connectivity index (χ2v) is 4.35. The average molecular weight is 258 g/mol. The maximum absolute atomic E-state index is 13.6. The summed E-state index contributed by atoms with van der Waals surface area (Å²) in [4.78, 5) is 14.1. The molecule has 4 nitrogen and oxygen atoms in total. The van der Waals surface area contributed by atoms with E-state index in [0.717, 1.165) is 0 Å². The van der Waals surface area contributed by atoms with E-state index in [2.05, 4.69) is 4.98 Å². The summed E-state index contributed by atoms with van der Waals surface area (Å²) in [5, 5.41) is 9.51. The Morgan fingerprint density at radius 3 is 2.74 bits per heavy atom. The lowest BCUT2D eigenvalue weighted by Gasteiger charge is -2.02. The summed E-state index contributed by atoms with van der Waals surface area (Å²) >= 11 is 0. The van der Waals surface area contributed by atoms with E-state index >= 15 is 0 Å². The Bertz CT molecular complexity index is 786. The van der Waals surface area contributed by atoms with Crippen molar-refractivity contribution in [1.82, 2.24) is 9.55 Å². The van der Waals surface area contributed by atoms with Gasteiger partial charge in [0.15, 0.2) is 0 Å². The van der Waals surface area contributed by atoms with Gasteiger partial charge in [-0.2, -0.15) is 0 Å². The molecule has 2 heterocycles. The Morgan fingerprint density at radius 2 is 2.11 bits per heavy atom. The minimum absolute atomic E-state index is 0.189. The van der Waals surface area contributed by atoms with Gasteiger partial charge in [0, 0.05) is 18.0 Å². The van der Waals surface area contributed by atoms with E-state index in [9.17, 15) is 9.18 Å². The average Bonchev–Trinajstić information content (AvgIpc) is 2.93. The number of aromatic carboxylic acids is 1. The second kappa shape index (κ2) is 3.98. The first-order valence-electron chi connectivity index (χ1n) is 5.74. The van der Waals surface area contributed by atoms with Crippen LogP contribution in [0.1, 0.15) is 10.5 Å². The summed E-state index contributed by atoms with van der Waals surface area (Å²) in [6.07, 6.45) is 0. The Kier molecular flexibility index (Phi) is 2.41. The van der Waals surface area contributed by atoms with E-state index in [4.69, 9.17) is 5.11 Å². The first-order chi connectivity index (χ1) is 9.08. The Labute approximate surface area is 108 Å². The van der Waals surface area contributed by atoms with Gasteiger partial charge in [-0.15, -0.1) is 0 Å². The number of hydrogen-bond donors (Lipinski definition) is 2. The lowest BCUT2D eigenvalue weighted by molar-refractivity contribution is 0.0687. The number of halogens is 1. The maximum atomic E-state index is 13.6. The van der Waals surface area contributed by atoms with Crippen LogP contribution in [-0.4, -0.2) is 20.6 Å². The third kappa shape index (κ3) is 1.71. The predicted molar refractivity (Wildman–Crippen MR) is 69.6 cm³/mol. The molecule has 3 aromatic rings. The zero-order chi connectivity index (χ0) is 13.6. The van der Waals surface area contributed by atoms with E-state index < -0.39 is 5.97 Å². The van der Waals surface area contributed by atoms with Crippen molar-refractivity contribution >= 4 is 16.9 Å². The van der Waals surface area contributed by atoms with Crippen molar-refractivity contribution in [3.63, 3.8) is 0 Å². The zero-order valence-corrected chi connectivity index (χ0v) is 10.1. The van der Waals surface area contributed by atoms with Crippen LogP contribution in [0.4, 0.5) is 4.39 Å². The number of rotatable bonds is 2. The number of carboxylic acid groups (broad SMARTS) is 1. The highest BCUT2D eigenvalue weighted by Gasteiger charge is 2.14. The third-order valence-electron chi connectivity index (χ3n) is 3.23. The summed E-state index contributed by atoms with van der Waals surface area (Å²) in [7, 11) is 1.67. The van der Waals surface area contributed by atoms with Crippen molar-refractivity contribution in [3.05, 3.63) is 47.9 Å². The summed E-state index contributed by atoms with van der Waals surface area (Å²) in [6, 6.07) is 9.72. The van der Waals surface area contributed by atoms with Crippen LogP contribution in [0.5, 0.6) is 0 Å². The van der Waals surface area contributed by atoms with Gasteiger partial charge in [0.25, 0.3) is 0 Å². The van der Waals surface area contributed by atoms with Crippen molar-refractivity contribution in [2.45, 2.75) is 0 Å². The van der Waals surface area contributed by atoms with Crippen LogP contribution in [0.15, 0.2) is 36.4 Å². The van der Waals surface area contributed by atoms with E-state index in [1.165, 1.54) is 12.1 Å². The molecule has 0 unspecified atom stereocenters. The number of carboxylic acids is 1. The molecule has 0 atom stereocenters. The summed E-state index contributed by atoms with van der Waals surface area (Å²) < 4.78 is 15.2. The lowest BCUT2D eigenvalue weighted by atomic mass is 10.2. The molecular weight excluding hydrogens is 247 g/mol. The molecule has 1 aromatic carbocycles. The fraction of sp³-hybridized carbons (Fsp3) is 0.0714. The lowest BCUT2D eigenvalue weighted by Crippen LogP contribution is -2.05. The number of nitrogens with one attached hydrogen (secondary N) is 1. The zero-order valence-electron chi connectivity index (χ0n) is 10.1. The monoisotopic (exact) mass is 258 g/mol. The van der Waals surface area contributed by atoms with Gasteiger partial charge in [-0.3, -0.25) is 0 Å². The van der Waals surface area contributed by atoms with Gasteiger partial charge >= 0.3 is 5.97 Å². The largest absolute Gasteiger partial charge is 0.477 e. The standard InChI is InChI=1S/C14H11FN2O2/c1-17-12(5-6-13(17)14(18)19)11-7-8-9(15)3-2-4-10(8)16-11/h2-7,16H,1H3,(H,18,19). The topological polar surface area (TPSA) is 58.0 Å². The normalized spacial score (nSPS) is 11.1. The van der Waals surface area contributed by atoms with Crippen LogP contribution in [0, 0.1) is 5.82 Å². The molecule has 19 heavy (non-hydrogen) atoms. The molecule has 0 spiro atoms. The number of aromatic nitrogens is 2. The number of H-pyrrole nitrogens is 1. The fourth-order valence-corrected chi connectivity index (χ4v) is 2.25. The van der Waals surface area contributed by atoms with Crippen molar-refractivity contribution in [2.24, 2.45) is 7.05 Å². The Balaban J connectivity index is 2.20. The van der Waals surface area contributed by atoms with E-state index in [1.807, 2.05) is 0 Å². The smallest absolute Gasteiger partial charge is 0.352 e. The highest BCUT2D eigenvalue weighted by Crippen LogP contribution is 2.26. The predicted octanol–water partition coefficient (Wildman–Crippen LogP) is 3.01. The maximum Gasteiger partial charge on any atom is 0.352 e. The molecule has 0 aliphatic carbocycles. The van der Waals surface area contributed by atoms with Crippen molar-refractivity contribution in [1.29, 1.82) is 0 Å². The number of carbonyl (C=O) groups is 1. The van der Waals surface area contributed by atoms with Crippen LogP contribution < -0.4 is 0 Å². The molecule has 0 bridgehead atoms. The molecule has 0 saturated carbocycles. The van der Waals surface area contributed by atoms with Crippen LogP contribution in [0.3, 0.4) is 0 Å². The van der Waals surface area contributed by atoms with Crippen LogP contribution in [-0.2, 0) is 7.05 Å². The summed E-state index contributed by atoms with van der Waals surface area (Å²) in [6.45, 7) is 0. The van der Waals surface area contributed by atoms with Gasteiger partial charge in [0.2, 0.25) is 0 Å². The highest BCUT2D eigenvalue weighted by atomic mass is 19.1. The second-order valence-electron chi connectivity index (χ2n) is 4.35. The molecule has 2 N–H and O–H groups in total. The summed E-state index contributed by atoms with van der Waals surface area (Å²) in [5.74, 6) is -1.29. The molecule has 0 fully saturated rings. The molecule has 2 aromatic heterocycles. The Hall–Kier alpha value is -2.56. The number of hydrogen-bond acceptors (Lipinski definition) is 1. The van der Waals surface area contributed by atoms with Gasteiger partial charge in [0.05, 0.1) is 11.4 Å². The SMILES string of the molecule is Cn1c(C(=O)O)ccc1-c1cc2c(F)cccc2[nH]1. The molecule has 3 rings (SSSR count). The van der Waals surface area contributed by atoms with Gasteiger partial charge in [-0.25, -0.2) is 9.18 Å². The van der Waals surface area contributed by atoms with Crippen molar-refractivity contribution in [2.75, 3.05) is 0 Å². The molecule has 0 aliphatic rings. The molecule has 5 heteroatoms. The van der Waals surface area contributed by atoms with Gasteiger partial charge in [0.1, 0.15) is 11.5 Å². The summed E-state index contributed by atoms with van der Waals surface area (Å²) in [5.41, 5.74) is 2.27.